The number of nitrogens with one attached hydrogen (secondary N) is 2. The molecule has 0 aliphatic heterocycles. The molecule has 1 saturated carbocycles. The van der Waals surface area contributed by atoms with E-state index in [-0.39, 0.29) is 17.3 Å². The number of rotatable bonds is 17. The van der Waals surface area contributed by atoms with Crippen LogP contribution in [0.4, 0.5) is 10.1 Å². The number of unbranched alkanes of at least 4 members (excludes halogenated alkanes) is 2. The van der Waals surface area contributed by atoms with Crippen molar-refractivity contribution in [1.82, 2.24) is 15.3 Å². The molecule has 2 N–H and O–H groups in total. The zero-order chi connectivity index (χ0) is 32.4. The molecule has 240 valence electrons. The summed E-state index contributed by atoms with van der Waals surface area (Å²) < 4.78 is 32.4. The molecule has 46 heavy (non-hydrogen) atoms. The molecule has 2 aromatic carbocycles. The van der Waals surface area contributed by atoms with E-state index in [0.29, 0.717) is 66.2 Å². The topological polar surface area (TPSA) is 129 Å². The third-order valence-corrected chi connectivity index (χ3v) is 9.37. The van der Waals surface area contributed by atoms with Gasteiger partial charge in [0.15, 0.2) is 23.1 Å². The van der Waals surface area contributed by atoms with Crippen molar-refractivity contribution < 1.29 is 33.0 Å². The number of fused-ring (bicyclic) bond motifs is 1. The Hall–Kier alpha value is -4.36. The molecule has 1 fully saturated rings. The van der Waals surface area contributed by atoms with E-state index in [2.05, 4.69) is 20.6 Å². The SMILES string of the molecule is COc1cc2c(Oc3ccc(NC(=O)C4(C=O)CC4)cc3F)ccnc2cc1OCCCCCNC(=O)CSSc1ccccn1. The highest BCUT2D eigenvalue weighted by Crippen LogP contribution is 2.44. The molecule has 0 radical (unpaired) electrons. The molecule has 1 aliphatic carbocycles. The lowest BCUT2D eigenvalue weighted by atomic mass is 10.1. The third-order valence-electron chi connectivity index (χ3n) is 7.24. The van der Waals surface area contributed by atoms with E-state index in [1.807, 2.05) is 18.2 Å². The van der Waals surface area contributed by atoms with Gasteiger partial charge >= 0.3 is 0 Å². The maximum atomic E-state index is 15.0. The highest BCUT2D eigenvalue weighted by Gasteiger charge is 2.50. The van der Waals surface area contributed by atoms with Gasteiger partial charge in [0.1, 0.15) is 22.5 Å². The monoisotopic (exact) mass is 664 g/mol. The van der Waals surface area contributed by atoms with Gasteiger partial charge in [-0.2, -0.15) is 0 Å². The van der Waals surface area contributed by atoms with Gasteiger partial charge in [-0.25, -0.2) is 9.37 Å². The zero-order valence-electron chi connectivity index (χ0n) is 25.1. The maximum Gasteiger partial charge on any atom is 0.237 e. The normalized spacial score (nSPS) is 13.1. The standard InChI is InChI=1S/C33H33FN4O6S2/c1-42-28-18-23-25(19-29(28)43-16-6-2-4-13-36-30(40)20-45-46-31-7-3-5-14-37-31)35-15-10-26(23)44-27-9-8-22(17-24(27)34)38-32(41)33(21-39)11-12-33/h3,5,7-10,14-15,17-19,21H,2,4,6,11-13,16,20H2,1H3,(H,36,40)(H,38,41). The number of nitrogens with zero attached hydrogens (tertiary/aromatic N) is 2. The Balaban J connectivity index is 1.09. The Bertz CT molecular complexity index is 1690. The van der Waals surface area contributed by atoms with Crippen LogP contribution in [-0.4, -0.2) is 54.1 Å². The summed E-state index contributed by atoms with van der Waals surface area (Å²) in [6, 6.07) is 14.9. The van der Waals surface area contributed by atoms with Crippen LogP contribution < -0.4 is 24.8 Å². The fourth-order valence-electron chi connectivity index (χ4n) is 4.46. The fraction of sp³-hybridized carbons (Fsp3) is 0.303. The molecular weight excluding hydrogens is 632 g/mol. The Morgan fingerprint density at radius 2 is 1.85 bits per heavy atom. The third kappa shape index (κ3) is 8.67. The van der Waals surface area contributed by atoms with Gasteiger partial charge in [-0.05, 0) is 79.3 Å². The van der Waals surface area contributed by atoms with E-state index in [9.17, 15) is 18.8 Å². The number of pyridine rings is 2. The van der Waals surface area contributed by atoms with Crippen LogP contribution in [0.15, 0.2) is 72.0 Å². The Morgan fingerprint density at radius 3 is 2.59 bits per heavy atom. The molecular formula is C33H33FN4O6S2. The number of methoxy groups -OCH3 is 1. The van der Waals surface area contributed by atoms with E-state index < -0.39 is 17.1 Å². The molecule has 4 aromatic rings. The summed E-state index contributed by atoms with van der Waals surface area (Å²) in [5, 5.41) is 7.00. The summed E-state index contributed by atoms with van der Waals surface area (Å²) in [6.07, 6.45) is 7.39. The number of hydrogen-bond acceptors (Lipinski definition) is 10. The maximum absolute atomic E-state index is 15.0. The summed E-state index contributed by atoms with van der Waals surface area (Å²) in [6.45, 7) is 1.04. The van der Waals surface area contributed by atoms with Crippen LogP contribution in [0.25, 0.3) is 10.9 Å². The largest absolute Gasteiger partial charge is 0.493 e. The van der Waals surface area contributed by atoms with E-state index in [1.54, 1.807) is 30.6 Å². The minimum absolute atomic E-state index is 0.00729. The quantitative estimate of drug-likeness (QED) is 0.0552. The van der Waals surface area contributed by atoms with Gasteiger partial charge in [-0.15, -0.1) is 0 Å². The highest BCUT2D eigenvalue weighted by molar-refractivity contribution is 8.76. The number of halogens is 1. The fourth-order valence-corrected chi connectivity index (χ4v) is 6.25. The van der Waals surface area contributed by atoms with Crippen molar-refractivity contribution in [1.29, 1.82) is 0 Å². The Labute approximate surface area is 273 Å². The summed E-state index contributed by atoms with van der Waals surface area (Å²) in [5.74, 6) is 0.547. The van der Waals surface area contributed by atoms with E-state index in [1.165, 1.54) is 40.8 Å². The number of carbonyl (C=O) groups excluding carboxylic acids is 3. The first-order chi connectivity index (χ1) is 22.4. The average molecular weight is 665 g/mol. The van der Waals surface area contributed by atoms with Crippen LogP contribution in [-0.2, 0) is 14.4 Å². The van der Waals surface area contributed by atoms with Crippen LogP contribution in [0, 0.1) is 11.2 Å². The predicted molar refractivity (Wildman–Crippen MR) is 176 cm³/mol. The van der Waals surface area contributed by atoms with E-state index >= 15 is 0 Å². The van der Waals surface area contributed by atoms with Crippen molar-refractivity contribution in [2.24, 2.45) is 5.41 Å². The molecule has 0 atom stereocenters. The van der Waals surface area contributed by atoms with Crippen LogP contribution in [0.5, 0.6) is 23.0 Å². The summed E-state index contributed by atoms with van der Waals surface area (Å²) in [7, 11) is 4.46. The van der Waals surface area contributed by atoms with Gasteiger partial charge in [-0.1, -0.05) is 16.9 Å². The van der Waals surface area contributed by atoms with Gasteiger partial charge in [0, 0.05) is 42.1 Å². The zero-order valence-corrected chi connectivity index (χ0v) is 26.8. The summed E-state index contributed by atoms with van der Waals surface area (Å²) in [5.41, 5.74) is -0.188. The van der Waals surface area contributed by atoms with Gasteiger partial charge < -0.3 is 29.6 Å². The van der Waals surface area contributed by atoms with Crippen molar-refractivity contribution in [3.05, 3.63) is 72.8 Å². The number of benzene rings is 2. The number of hydrogen-bond donors (Lipinski definition) is 2. The van der Waals surface area contributed by atoms with Crippen molar-refractivity contribution in [2.75, 3.05) is 31.3 Å². The number of carbonyl (C=O) groups is 3. The molecule has 1 aliphatic rings. The molecule has 0 spiro atoms. The first kappa shape index (κ1) is 33.0. The molecule has 13 heteroatoms. The summed E-state index contributed by atoms with van der Waals surface area (Å²) >= 11 is 0. The molecule has 2 amide bonds. The van der Waals surface area contributed by atoms with Crippen LogP contribution >= 0.6 is 21.6 Å². The Kier molecular flexibility index (Phi) is 11.3. The molecule has 0 unspecified atom stereocenters. The minimum atomic E-state index is -0.998. The Morgan fingerprint density at radius 1 is 0.978 bits per heavy atom. The van der Waals surface area contributed by atoms with Gasteiger partial charge in [0.25, 0.3) is 0 Å². The number of ether oxygens (including phenoxy) is 3. The lowest BCUT2D eigenvalue weighted by molar-refractivity contribution is -0.126. The van der Waals surface area contributed by atoms with Crippen molar-refractivity contribution in [2.45, 2.75) is 37.1 Å². The predicted octanol–water partition coefficient (Wildman–Crippen LogP) is 6.59. The van der Waals surface area contributed by atoms with E-state index in [0.717, 1.165) is 30.4 Å². The first-order valence-corrected chi connectivity index (χ1v) is 17.0. The lowest BCUT2D eigenvalue weighted by Crippen LogP contribution is -2.25. The molecule has 0 bridgehead atoms. The van der Waals surface area contributed by atoms with E-state index in [4.69, 9.17) is 14.2 Å². The smallest absolute Gasteiger partial charge is 0.237 e. The molecule has 2 aromatic heterocycles. The van der Waals surface area contributed by atoms with Crippen molar-refractivity contribution in [3.8, 4) is 23.0 Å². The van der Waals surface area contributed by atoms with Crippen LogP contribution in [0.1, 0.15) is 32.1 Å². The molecule has 10 nitrogen and oxygen atoms in total. The number of amides is 2. The lowest BCUT2D eigenvalue weighted by Gasteiger charge is -2.15. The van der Waals surface area contributed by atoms with Gasteiger partial charge in [0.05, 0.1) is 25.0 Å². The van der Waals surface area contributed by atoms with Crippen molar-refractivity contribution in [3.63, 3.8) is 0 Å². The summed E-state index contributed by atoms with van der Waals surface area (Å²) in [4.78, 5) is 44.2. The second-order valence-electron chi connectivity index (χ2n) is 10.6. The van der Waals surface area contributed by atoms with Crippen molar-refractivity contribution >= 4 is 56.3 Å². The highest BCUT2D eigenvalue weighted by atomic mass is 33.1. The first-order valence-electron chi connectivity index (χ1n) is 14.7. The molecule has 0 saturated heterocycles. The molecule has 5 rings (SSSR count). The second-order valence-corrected chi connectivity index (χ2v) is 12.9. The second kappa shape index (κ2) is 15.8. The number of aromatic nitrogens is 2. The van der Waals surface area contributed by atoms with Gasteiger partial charge in [0.2, 0.25) is 11.8 Å². The number of anilines is 1. The molecule has 2 heterocycles. The average Bonchev–Trinajstić information content (AvgIpc) is 3.87. The number of aldehydes is 1. The minimum Gasteiger partial charge on any atom is -0.493 e. The van der Waals surface area contributed by atoms with Crippen LogP contribution in [0.2, 0.25) is 0 Å². The van der Waals surface area contributed by atoms with Crippen LogP contribution in [0.3, 0.4) is 0 Å². The van der Waals surface area contributed by atoms with Gasteiger partial charge in [-0.3, -0.25) is 14.6 Å².